The number of hydrogen-bond acceptors (Lipinski definition) is 3. The lowest BCUT2D eigenvalue weighted by molar-refractivity contribution is -0.920. The molecule has 1 unspecified atom stereocenters. The van der Waals surface area contributed by atoms with Crippen molar-refractivity contribution < 1.29 is 19.2 Å². The van der Waals surface area contributed by atoms with Gasteiger partial charge in [-0.3, -0.25) is 4.79 Å². The number of carbonyl (C=O) groups excluding carboxylic acids is 1. The maximum Gasteiger partial charge on any atom is 0.279 e. The molecule has 1 heterocycles. The van der Waals surface area contributed by atoms with E-state index in [0.717, 1.165) is 6.54 Å². The summed E-state index contributed by atoms with van der Waals surface area (Å²) in [6.45, 7) is 3.79. The average molecular weight is 293 g/mol. The highest BCUT2D eigenvalue weighted by atomic mass is 16.5. The Morgan fingerprint density at radius 1 is 1.33 bits per heavy atom. The van der Waals surface area contributed by atoms with Crippen molar-refractivity contribution >= 4 is 11.6 Å². The van der Waals surface area contributed by atoms with Crippen LogP contribution in [0.15, 0.2) is 18.2 Å². The minimum atomic E-state index is 0.0188. The largest absolute Gasteiger partial charge is 0.497 e. The van der Waals surface area contributed by atoms with E-state index >= 15 is 0 Å². The first-order valence-electron chi connectivity index (χ1n) is 7.50. The second-order valence-electron chi connectivity index (χ2n) is 5.60. The standard InChI is InChI=1S/C16H24N2O3/c1-12-6-4-5-9-18(12)11-16(19)17-14-10-13(20-2)7-8-15(14)21-3/h7-8,10,12H,4-6,9,11H2,1-3H3,(H,17,19)/p+1/t12-/m0/s1. The number of piperidine rings is 1. The molecule has 1 aromatic carbocycles. The number of anilines is 1. The Labute approximate surface area is 126 Å². The number of quaternary nitrogens is 1. The molecule has 1 aliphatic rings. The highest BCUT2D eigenvalue weighted by Gasteiger charge is 2.24. The maximum absolute atomic E-state index is 12.3. The van der Waals surface area contributed by atoms with Crippen molar-refractivity contribution in [2.45, 2.75) is 32.2 Å². The molecule has 1 aliphatic heterocycles. The molecule has 0 spiro atoms. The third-order valence-electron chi connectivity index (χ3n) is 4.15. The quantitative estimate of drug-likeness (QED) is 0.855. The summed E-state index contributed by atoms with van der Waals surface area (Å²) >= 11 is 0. The Morgan fingerprint density at radius 3 is 2.81 bits per heavy atom. The van der Waals surface area contributed by atoms with E-state index in [-0.39, 0.29) is 5.91 Å². The summed E-state index contributed by atoms with van der Waals surface area (Å²) in [5.74, 6) is 1.36. The lowest BCUT2D eigenvalue weighted by Crippen LogP contribution is -3.17. The van der Waals surface area contributed by atoms with Crippen LogP contribution in [0.4, 0.5) is 5.69 Å². The van der Waals surface area contributed by atoms with Gasteiger partial charge in [0.1, 0.15) is 11.5 Å². The molecule has 2 rings (SSSR count). The number of nitrogens with one attached hydrogen (secondary N) is 2. The number of likely N-dealkylation sites (tertiary alicyclic amines) is 1. The molecule has 0 aliphatic carbocycles. The van der Waals surface area contributed by atoms with Crippen molar-refractivity contribution in [2.24, 2.45) is 0 Å². The summed E-state index contributed by atoms with van der Waals surface area (Å²) in [5.41, 5.74) is 0.658. The molecular formula is C16H25N2O3+. The fourth-order valence-corrected chi connectivity index (χ4v) is 2.83. The van der Waals surface area contributed by atoms with Gasteiger partial charge in [0, 0.05) is 6.07 Å². The predicted octanol–water partition coefficient (Wildman–Crippen LogP) is 1.10. The molecule has 0 bridgehead atoms. The minimum absolute atomic E-state index is 0.0188. The van der Waals surface area contributed by atoms with Crippen molar-refractivity contribution in [3.63, 3.8) is 0 Å². The van der Waals surface area contributed by atoms with Gasteiger partial charge in [-0.2, -0.15) is 0 Å². The van der Waals surface area contributed by atoms with Crippen LogP contribution in [0.1, 0.15) is 26.2 Å². The van der Waals surface area contributed by atoms with Gasteiger partial charge < -0.3 is 19.7 Å². The summed E-state index contributed by atoms with van der Waals surface area (Å²) in [5, 5.41) is 2.94. The minimum Gasteiger partial charge on any atom is -0.497 e. The third kappa shape index (κ3) is 4.11. The van der Waals surface area contributed by atoms with Gasteiger partial charge >= 0.3 is 0 Å². The Hall–Kier alpha value is -1.75. The van der Waals surface area contributed by atoms with Crippen LogP contribution in [0, 0.1) is 0 Å². The number of methoxy groups -OCH3 is 2. The second kappa shape index (κ2) is 7.31. The average Bonchev–Trinajstić information content (AvgIpc) is 2.49. The molecular weight excluding hydrogens is 268 g/mol. The number of carbonyl (C=O) groups is 1. The number of rotatable bonds is 5. The first kappa shape index (κ1) is 15.6. The van der Waals surface area contributed by atoms with Gasteiger partial charge in [-0.1, -0.05) is 0 Å². The molecule has 2 atom stereocenters. The highest BCUT2D eigenvalue weighted by molar-refractivity contribution is 5.93. The normalized spacial score (nSPS) is 21.7. The van der Waals surface area contributed by atoms with Gasteiger partial charge in [0.25, 0.3) is 5.91 Å². The number of amides is 1. The molecule has 5 nitrogen and oxygen atoms in total. The molecule has 1 fully saturated rings. The van der Waals surface area contributed by atoms with Gasteiger partial charge in [-0.15, -0.1) is 0 Å². The van der Waals surface area contributed by atoms with Crippen LogP contribution in [0.25, 0.3) is 0 Å². The zero-order valence-electron chi connectivity index (χ0n) is 13.1. The van der Waals surface area contributed by atoms with Crippen LogP contribution in [-0.2, 0) is 4.79 Å². The van der Waals surface area contributed by atoms with Crippen LogP contribution in [-0.4, -0.2) is 39.3 Å². The maximum atomic E-state index is 12.3. The Bertz CT molecular complexity index is 490. The van der Waals surface area contributed by atoms with Gasteiger partial charge in [0.2, 0.25) is 0 Å². The monoisotopic (exact) mass is 293 g/mol. The van der Waals surface area contributed by atoms with Crippen LogP contribution >= 0.6 is 0 Å². The molecule has 1 saturated heterocycles. The smallest absolute Gasteiger partial charge is 0.279 e. The molecule has 0 saturated carbocycles. The number of hydrogen-bond donors (Lipinski definition) is 2. The van der Waals surface area contributed by atoms with Crippen molar-refractivity contribution in [2.75, 3.05) is 32.6 Å². The molecule has 2 N–H and O–H groups in total. The van der Waals surface area contributed by atoms with Crippen molar-refractivity contribution in [1.29, 1.82) is 0 Å². The van der Waals surface area contributed by atoms with Crippen molar-refractivity contribution in [3.05, 3.63) is 18.2 Å². The van der Waals surface area contributed by atoms with Crippen LogP contribution in [0.5, 0.6) is 11.5 Å². The summed E-state index contributed by atoms with van der Waals surface area (Å²) in [7, 11) is 3.20. The van der Waals surface area contributed by atoms with Gasteiger partial charge in [0.05, 0.1) is 32.5 Å². The van der Waals surface area contributed by atoms with E-state index in [1.807, 2.05) is 6.07 Å². The summed E-state index contributed by atoms with van der Waals surface area (Å²) in [6, 6.07) is 5.94. The predicted molar refractivity (Wildman–Crippen MR) is 82.2 cm³/mol. The zero-order chi connectivity index (χ0) is 15.2. The Morgan fingerprint density at radius 2 is 2.14 bits per heavy atom. The van der Waals surface area contributed by atoms with E-state index in [1.165, 1.54) is 24.2 Å². The molecule has 0 aromatic heterocycles. The fraction of sp³-hybridized carbons (Fsp3) is 0.562. The summed E-state index contributed by atoms with van der Waals surface area (Å²) < 4.78 is 10.5. The first-order chi connectivity index (χ1) is 10.1. The van der Waals surface area contributed by atoms with E-state index < -0.39 is 0 Å². The second-order valence-corrected chi connectivity index (χ2v) is 5.60. The van der Waals surface area contributed by atoms with Crippen molar-refractivity contribution in [3.8, 4) is 11.5 Å². The SMILES string of the molecule is COc1ccc(OC)c(NC(=O)C[NH+]2CCCC[C@@H]2C)c1. The van der Waals surface area contributed by atoms with Crippen molar-refractivity contribution in [1.82, 2.24) is 0 Å². The van der Waals surface area contributed by atoms with E-state index in [9.17, 15) is 4.79 Å². The Kier molecular flexibility index (Phi) is 5.44. The van der Waals surface area contributed by atoms with E-state index in [2.05, 4.69) is 12.2 Å². The van der Waals surface area contributed by atoms with Gasteiger partial charge in [-0.25, -0.2) is 0 Å². The molecule has 116 valence electrons. The first-order valence-corrected chi connectivity index (χ1v) is 7.50. The summed E-state index contributed by atoms with van der Waals surface area (Å²) in [6.07, 6.45) is 3.68. The van der Waals surface area contributed by atoms with E-state index in [1.54, 1.807) is 26.4 Å². The summed E-state index contributed by atoms with van der Waals surface area (Å²) in [4.78, 5) is 13.6. The number of ether oxygens (including phenoxy) is 2. The van der Waals surface area contributed by atoms with Gasteiger partial charge in [0.15, 0.2) is 6.54 Å². The van der Waals surface area contributed by atoms with Crippen LogP contribution < -0.4 is 19.7 Å². The molecule has 0 radical (unpaired) electrons. The lowest BCUT2D eigenvalue weighted by atomic mass is 10.0. The fourth-order valence-electron chi connectivity index (χ4n) is 2.83. The zero-order valence-corrected chi connectivity index (χ0v) is 13.1. The highest BCUT2D eigenvalue weighted by Crippen LogP contribution is 2.28. The Balaban J connectivity index is 2.01. The lowest BCUT2D eigenvalue weighted by Gasteiger charge is -2.29. The molecule has 1 aromatic rings. The topological polar surface area (TPSA) is 52.0 Å². The molecule has 1 amide bonds. The van der Waals surface area contributed by atoms with Gasteiger partial charge in [-0.05, 0) is 38.3 Å². The number of benzene rings is 1. The third-order valence-corrected chi connectivity index (χ3v) is 4.15. The molecule has 5 heteroatoms. The van der Waals surface area contributed by atoms with E-state index in [0.29, 0.717) is 29.8 Å². The van der Waals surface area contributed by atoms with Crippen LogP contribution in [0.2, 0.25) is 0 Å². The van der Waals surface area contributed by atoms with Crippen LogP contribution in [0.3, 0.4) is 0 Å². The van der Waals surface area contributed by atoms with E-state index in [4.69, 9.17) is 9.47 Å². The molecule has 21 heavy (non-hydrogen) atoms.